The molecule has 0 saturated carbocycles. The summed E-state index contributed by atoms with van der Waals surface area (Å²) in [5.41, 5.74) is 1.64. The molecule has 0 bridgehead atoms. The van der Waals surface area contributed by atoms with Crippen LogP contribution in [0.4, 0.5) is 5.69 Å². The highest BCUT2D eigenvalue weighted by atomic mass is 32.1. The Morgan fingerprint density at radius 3 is 2.88 bits per heavy atom. The second-order valence-electron chi connectivity index (χ2n) is 7.27. The summed E-state index contributed by atoms with van der Waals surface area (Å²) in [5.74, 6) is 1.04. The third-order valence-electron chi connectivity index (χ3n) is 5.39. The second kappa shape index (κ2) is 7.98. The molecule has 2 saturated heterocycles. The number of hydrogen-bond acceptors (Lipinski definition) is 6. The van der Waals surface area contributed by atoms with Crippen LogP contribution in [0.5, 0.6) is 0 Å². The van der Waals surface area contributed by atoms with E-state index in [2.05, 4.69) is 15.6 Å². The first kappa shape index (κ1) is 17.8. The normalized spacial score (nSPS) is 23.0. The van der Waals surface area contributed by atoms with Gasteiger partial charge in [0.15, 0.2) is 0 Å². The highest BCUT2D eigenvalue weighted by Crippen LogP contribution is 2.33. The lowest BCUT2D eigenvalue weighted by molar-refractivity contribution is 0.0652. The van der Waals surface area contributed by atoms with E-state index < -0.39 is 0 Å². The third-order valence-corrected chi connectivity index (χ3v) is 6.05. The summed E-state index contributed by atoms with van der Waals surface area (Å²) in [6.07, 6.45) is 4.24. The summed E-state index contributed by atoms with van der Waals surface area (Å²) in [4.78, 5) is 20.2. The van der Waals surface area contributed by atoms with E-state index in [1.807, 2.05) is 18.2 Å². The van der Waals surface area contributed by atoms with Crippen LogP contribution in [0, 0.1) is 5.92 Å². The van der Waals surface area contributed by atoms with E-state index in [0.29, 0.717) is 23.2 Å². The molecule has 0 spiro atoms. The number of anilines is 1. The van der Waals surface area contributed by atoms with Crippen molar-refractivity contribution in [1.82, 2.24) is 15.3 Å². The van der Waals surface area contributed by atoms with Crippen molar-refractivity contribution in [3.63, 3.8) is 0 Å². The molecule has 26 heavy (non-hydrogen) atoms. The molecule has 0 amide bonds. The first-order chi connectivity index (χ1) is 12.7. The molecule has 2 aromatic rings. The number of rotatable bonds is 4. The summed E-state index contributed by atoms with van der Waals surface area (Å²) < 4.78 is 5.43. The average molecular weight is 375 g/mol. The number of piperidine rings is 1. The smallest absolute Gasteiger partial charge is 0.258 e. The Morgan fingerprint density at radius 2 is 2.12 bits per heavy atom. The number of nitrogens with one attached hydrogen (secondary N) is 3. The summed E-state index contributed by atoms with van der Waals surface area (Å²) in [6, 6.07) is 6.21. The first-order valence-electron chi connectivity index (χ1n) is 9.48. The van der Waals surface area contributed by atoms with E-state index in [1.54, 1.807) is 0 Å². The molecule has 3 heterocycles. The minimum absolute atomic E-state index is 0.0739. The number of ether oxygens (including phenoxy) is 1. The monoisotopic (exact) mass is 374 g/mol. The molecule has 2 atom stereocenters. The van der Waals surface area contributed by atoms with Crippen molar-refractivity contribution >= 4 is 29.2 Å². The fourth-order valence-electron chi connectivity index (χ4n) is 3.85. The van der Waals surface area contributed by atoms with Gasteiger partial charge in [-0.05, 0) is 56.3 Å². The number of thiol groups is 1. The summed E-state index contributed by atoms with van der Waals surface area (Å²) in [6.45, 7) is 3.56. The Kier molecular flexibility index (Phi) is 5.47. The van der Waals surface area contributed by atoms with Crippen molar-refractivity contribution < 1.29 is 4.74 Å². The Morgan fingerprint density at radius 1 is 1.27 bits per heavy atom. The second-order valence-corrected chi connectivity index (χ2v) is 7.82. The lowest BCUT2D eigenvalue weighted by atomic mass is 9.95. The minimum Gasteiger partial charge on any atom is -0.381 e. The van der Waals surface area contributed by atoms with Gasteiger partial charge in [0, 0.05) is 31.5 Å². The number of hydrogen-bond donors (Lipinski definition) is 4. The molecule has 4 rings (SSSR count). The molecule has 7 heteroatoms. The molecule has 2 aliphatic heterocycles. The van der Waals surface area contributed by atoms with Crippen molar-refractivity contribution in [2.24, 2.45) is 5.92 Å². The summed E-state index contributed by atoms with van der Waals surface area (Å²) in [7, 11) is 0. The molecule has 1 aromatic heterocycles. The Balaban J connectivity index is 1.60. The van der Waals surface area contributed by atoms with Gasteiger partial charge < -0.3 is 20.4 Å². The standard InChI is InChI=1S/C19H26N4O2S/c24-19-15-4-3-13(21-14-2-1-7-20-11-14)10-16(15)22-18(23-19)17(26)12-5-8-25-9-6-12/h3-4,10,12,14,17,20-21,26H,1-2,5-9,11H2,(H,22,23,24). The van der Waals surface area contributed by atoms with Crippen molar-refractivity contribution in [2.75, 3.05) is 31.6 Å². The first-order valence-corrected chi connectivity index (χ1v) is 9.99. The van der Waals surface area contributed by atoms with Gasteiger partial charge in [0.1, 0.15) is 5.82 Å². The van der Waals surface area contributed by atoms with E-state index in [1.165, 1.54) is 6.42 Å². The van der Waals surface area contributed by atoms with Crippen LogP contribution in [0.3, 0.4) is 0 Å². The highest BCUT2D eigenvalue weighted by molar-refractivity contribution is 7.80. The van der Waals surface area contributed by atoms with Crippen molar-refractivity contribution in [3.8, 4) is 0 Å². The summed E-state index contributed by atoms with van der Waals surface area (Å²) >= 11 is 4.76. The van der Waals surface area contributed by atoms with E-state index in [-0.39, 0.29) is 10.8 Å². The lowest BCUT2D eigenvalue weighted by Gasteiger charge is -2.26. The Bertz CT molecular complexity index is 813. The average Bonchev–Trinajstić information content (AvgIpc) is 2.68. The number of aromatic amines is 1. The van der Waals surface area contributed by atoms with Gasteiger partial charge in [0.25, 0.3) is 5.56 Å². The van der Waals surface area contributed by atoms with Crippen LogP contribution >= 0.6 is 12.6 Å². The van der Waals surface area contributed by atoms with Gasteiger partial charge in [-0.1, -0.05) is 0 Å². The van der Waals surface area contributed by atoms with Crippen LogP contribution in [0.2, 0.25) is 0 Å². The molecule has 3 N–H and O–H groups in total. The maximum absolute atomic E-state index is 12.5. The van der Waals surface area contributed by atoms with Gasteiger partial charge in [0.2, 0.25) is 0 Å². The van der Waals surface area contributed by atoms with Crippen molar-refractivity contribution in [3.05, 3.63) is 34.4 Å². The zero-order chi connectivity index (χ0) is 17.9. The zero-order valence-corrected chi connectivity index (χ0v) is 15.7. The molecular weight excluding hydrogens is 348 g/mol. The van der Waals surface area contributed by atoms with Gasteiger partial charge in [-0.25, -0.2) is 4.98 Å². The van der Waals surface area contributed by atoms with Gasteiger partial charge >= 0.3 is 0 Å². The number of fused-ring (bicyclic) bond motifs is 1. The maximum atomic E-state index is 12.5. The van der Waals surface area contributed by atoms with Crippen molar-refractivity contribution in [1.29, 1.82) is 0 Å². The van der Waals surface area contributed by atoms with Gasteiger partial charge in [0.05, 0.1) is 16.2 Å². The van der Waals surface area contributed by atoms with Crippen LogP contribution in [-0.4, -0.2) is 42.3 Å². The van der Waals surface area contributed by atoms with Gasteiger partial charge in [-0.15, -0.1) is 0 Å². The predicted octanol–water partition coefficient (Wildman–Crippen LogP) is 2.48. The van der Waals surface area contributed by atoms with E-state index in [0.717, 1.165) is 56.8 Å². The molecule has 2 unspecified atom stereocenters. The van der Waals surface area contributed by atoms with E-state index in [9.17, 15) is 4.79 Å². The zero-order valence-electron chi connectivity index (χ0n) is 14.8. The molecule has 0 radical (unpaired) electrons. The predicted molar refractivity (Wildman–Crippen MR) is 107 cm³/mol. The SMILES string of the molecule is O=c1[nH]c(C(S)C2CCOCC2)nc2cc(NC3CCCNC3)ccc12. The van der Waals surface area contributed by atoms with Crippen LogP contribution in [0.15, 0.2) is 23.0 Å². The molecule has 2 aliphatic rings. The lowest BCUT2D eigenvalue weighted by Crippen LogP contribution is -2.38. The summed E-state index contributed by atoms with van der Waals surface area (Å²) in [5, 5.41) is 7.51. The van der Waals surface area contributed by atoms with Gasteiger partial charge in [-0.2, -0.15) is 12.6 Å². The Hall–Kier alpha value is -1.57. The molecule has 6 nitrogen and oxygen atoms in total. The fraction of sp³-hybridized carbons (Fsp3) is 0.579. The Labute approximate surface area is 158 Å². The molecule has 2 fully saturated rings. The van der Waals surface area contributed by atoms with Gasteiger partial charge in [-0.3, -0.25) is 4.79 Å². The number of nitrogens with zero attached hydrogens (tertiary/aromatic N) is 1. The molecular formula is C19H26N4O2S. The fourth-order valence-corrected chi connectivity index (χ4v) is 4.27. The van der Waals surface area contributed by atoms with Crippen LogP contribution in [0.25, 0.3) is 10.9 Å². The minimum atomic E-state index is -0.0954. The van der Waals surface area contributed by atoms with Crippen molar-refractivity contribution in [2.45, 2.75) is 37.0 Å². The number of benzene rings is 1. The number of aromatic nitrogens is 2. The molecule has 1 aromatic carbocycles. The van der Waals surface area contributed by atoms with Crippen LogP contribution in [-0.2, 0) is 4.74 Å². The third kappa shape index (κ3) is 3.89. The molecule has 0 aliphatic carbocycles. The van der Waals surface area contributed by atoms with E-state index >= 15 is 0 Å². The highest BCUT2D eigenvalue weighted by Gasteiger charge is 2.25. The largest absolute Gasteiger partial charge is 0.381 e. The van der Waals surface area contributed by atoms with Crippen LogP contribution < -0.4 is 16.2 Å². The maximum Gasteiger partial charge on any atom is 0.258 e. The molecule has 140 valence electrons. The quantitative estimate of drug-likeness (QED) is 0.619. The van der Waals surface area contributed by atoms with E-state index in [4.69, 9.17) is 22.3 Å². The number of H-pyrrole nitrogens is 1. The topological polar surface area (TPSA) is 79.0 Å². The van der Waals surface area contributed by atoms with Crippen LogP contribution in [0.1, 0.15) is 36.8 Å².